The summed E-state index contributed by atoms with van der Waals surface area (Å²) >= 11 is 0. The summed E-state index contributed by atoms with van der Waals surface area (Å²) < 4.78 is 0. The summed E-state index contributed by atoms with van der Waals surface area (Å²) in [5, 5.41) is 9.20. The molecule has 0 spiro atoms. The highest BCUT2D eigenvalue weighted by atomic mass is 15.2. The number of para-hydroxylation sites is 1. The van der Waals surface area contributed by atoms with Gasteiger partial charge in [0, 0.05) is 32.2 Å². The number of piperidine rings is 1. The normalized spacial score (nSPS) is 21.5. The molecule has 2 fully saturated rings. The summed E-state index contributed by atoms with van der Waals surface area (Å²) in [5.74, 6) is 0.715. The SMILES string of the molecule is N#Cc1ccccc1N1CCC(N2CC(CN)C2)CC1. The Hall–Kier alpha value is -1.57. The van der Waals surface area contributed by atoms with Crippen LogP contribution in [0, 0.1) is 17.2 Å². The molecule has 0 radical (unpaired) electrons. The number of benzene rings is 1. The number of hydrogen-bond donors (Lipinski definition) is 1. The highest BCUT2D eigenvalue weighted by molar-refractivity contribution is 5.59. The van der Waals surface area contributed by atoms with Crippen LogP contribution in [0.1, 0.15) is 18.4 Å². The van der Waals surface area contributed by atoms with Gasteiger partial charge in [-0.25, -0.2) is 0 Å². The summed E-state index contributed by atoms with van der Waals surface area (Å²) in [6.45, 7) is 5.27. The van der Waals surface area contributed by atoms with E-state index in [2.05, 4.69) is 21.9 Å². The van der Waals surface area contributed by atoms with Crippen LogP contribution in [0.3, 0.4) is 0 Å². The van der Waals surface area contributed by atoms with E-state index in [0.29, 0.717) is 12.0 Å². The van der Waals surface area contributed by atoms with Crippen molar-refractivity contribution in [3.05, 3.63) is 29.8 Å². The lowest BCUT2D eigenvalue weighted by molar-refractivity contribution is 0.0455. The van der Waals surface area contributed by atoms with Gasteiger partial charge in [-0.1, -0.05) is 12.1 Å². The molecule has 106 valence electrons. The Morgan fingerprint density at radius 2 is 1.90 bits per heavy atom. The van der Waals surface area contributed by atoms with Gasteiger partial charge >= 0.3 is 0 Å². The lowest BCUT2D eigenvalue weighted by Crippen LogP contribution is -2.57. The molecule has 20 heavy (non-hydrogen) atoms. The van der Waals surface area contributed by atoms with E-state index < -0.39 is 0 Å². The van der Waals surface area contributed by atoms with Crippen LogP contribution in [0.15, 0.2) is 24.3 Å². The molecule has 0 atom stereocenters. The lowest BCUT2D eigenvalue weighted by Gasteiger charge is -2.47. The molecule has 2 aliphatic rings. The minimum Gasteiger partial charge on any atom is -0.370 e. The van der Waals surface area contributed by atoms with Crippen LogP contribution in [-0.4, -0.2) is 43.7 Å². The molecule has 2 aliphatic heterocycles. The zero-order valence-electron chi connectivity index (χ0n) is 11.8. The molecule has 3 rings (SSSR count). The maximum absolute atomic E-state index is 9.20. The minimum absolute atomic E-state index is 0.711. The number of nitrogens with two attached hydrogens (primary N) is 1. The molecule has 4 nitrogen and oxygen atoms in total. The number of anilines is 1. The number of nitrogens with zero attached hydrogens (tertiary/aromatic N) is 3. The summed E-state index contributed by atoms with van der Waals surface area (Å²) in [6.07, 6.45) is 2.38. The monoisotopic (exact) mass is 270 g/mol. The van der Waals surface area contributed by atoms with E-state index in [9.17, 15) is 5.26 Å². The lowest BCUT2D eigenvalue weighted by atomic mass is 9.93. The first-order valence-electron chi connectivity index (χ1n) is 7.50. The Morgan fingerprint density at radius 1 is 1.20 bits per heavy atom. The molecule has 0 amide bonds. The van der Waals surface area contributed by atoms with Crippen LogP contribution >= 0.6 is 0 Å². The second-order valence-corrected chi connectivity index (χ2v) is 5.90. The van der Waals surface area contributed by atoms with Crippen molar-refractivity contribution >= 4 is 5.69 Å². The van der Waals surface area contributed by atoms with Gasteiger partial charge in [0.15, 0.2) is 0 Å². The van der Waals surface area contributed by atoms with E-state index in [1.165, 1.54) is 25.9 Å². The van der Waals surface area contributed by atoms with Crippen molar-refractivity contribution in [2.45, 2.75) is 18.9 Å². The third-order valence-corrected chi connectivity index (χ3v) is 4.66. The number of rotatable bonds is 3. The summed E-state index contributed by atoms with van der Waals surface area (Å²) in [5.41, 5.74) is 7.57. The summed E-state index contributed by atoms with van der Waals surface area (Å²) in [4.78, 5) is 4.93. The quantitative estimate of drug-likeness (QED) is 0.902. The second kappa shape index (κ2) is 5.82. The smallest absolute Gasteiger partial charge is 0.101 e. The van der Waals surface area contributed by atoms with Crippen LogP contribution in [0.4, 0.5) is 5.69 Å². The van der Waals surface area contributed by atoms with Crippen LogP contribution in [0.2, 0.25) is 0 Å². The molecule has 0 unspecified atom stereocenters. The predicted molar refractivity (Wildman–Crippen MR) is 80.5 cm³/mol. The van der Waals surface area contributed by atoms with Crippen molar-refractivity contribution in [3.8, 4) is 6.07 Å². The average Bonchev–Trinajstić information content (AvgIpc) is 2.47. The molecule has 2 heterocycles. The molecule has 2 saturated heterocycles. The van der Waals surface area contributed by atoms with E-state index in [0.717, 1.165) is 30.9 Å². The van der Waals surface area contributed by atoms with Gasteiger partial charge in [-0.2, -0.15) is 5.26 Å². The molecule has 4 heteroatoms. The topological polar surface area (TPSA) is 56.3 Å². The van der Waals surface area contributed by atoms with Gasteiger partial charge in [-0.15, -0.1) is 0 Å². The van der Waals surface area contributed by atoms with Crippen LogP contribution in [-0.2, 0) is 0 Å². The van der Waals surface area contributed by atoms with Crippen molar-refractivity contribution in [1.29, 1.82) is 5.26 Å². The van der Waals surface area contributed by atoms with Crippen LogP contribution < -0.4 is 10.6 Å². The number of nitriles is 1. The van der Waals surface area contributed by atoms with Crippen molar-refractivity contribution in [1.82, 2.24) is 4.90 Å². The number of likely N-dealkylation sites (tertiary alicyclic amines) is 1. The molecular formula is C16H22N4. The largest absolute Gasteiger partial charge is 0.370 e. The Balaban J connectivity index is 1.58. The summed E-state index contributed by atoms with van der Waals surface area (Å²) in [6, 6.07) is 10.9. The standard InChI is InChI=1S/C16H22N4/c17-9-13-11-20(12-13)15-5-7-19(8-6-15)16-4-2-1-3-14(16)10-18/h1-4,13,15H,5-9,11-12,17H2. The summed E-state index contributed by atoms with van der Waals surface area (Å²) in [7, 11) is 0. The van der Waals surface area contributed by atoms with Crippen molar-refractivity contribution in [3.63, 3.8) is 0 Å². The van der Waals surface area contributed by atoms with E-state index in [1.807, 2.05) is 18.2 Å². The maximum atomic E-state index is 9.20. The second-order valence-electron chi connectivity index (χ2n) is 5.90. The van der Waals surface area contributed by atoms with Crippen molar-refractivity contribution in [2.24, 2.45) is 11.7 Å². The van der Waals surface area contributed by atoms with Gasteiger partial charge < -0.3 is 10.6 Å². The van der Waals surface area contributed by atoms with Crippen molar-refractivity contribution < 1.29 is 0 Å². The van der Waals surface area contributed by atoms with Gasteiger partial charge in [-0.05, 0) is 37.4 Å². The Bertz CT molecular complexity index is 493. The average molecular weight is 270 g/mol. The van der Waals surface area contributed by atoms with Gasteiger partial charge in [0.25, 0.3) is 0 Å². The Kier molecular flexibility index (Phi) is 3.90. The first-order valence-corrected chi connectivity index (χ1v) is 7.50. The fourth-order valence-electron chi connectivity index (χ4n) is 3.37. The highest BCUT2D eigenvalue weighted by Gasteiger charge is 2.33. The van der Waals surface area contributed by atoms with Crippen molar-refractivity contribution in [2.75, 3.05) is 37.6 Å². The number of hydrogen-bond acceptors (Lipinski definition) is 4. The maximum Gasteiger partial charge on any atom is 0.101 e. The van der Waals surface area contributed by atoms with Crippen LogP contribution in [0.5, 0.6) is 0 Å². The Morgan fingerprint density at radius 3 is 2.55 bits per heavy atom. The predicted octanol–water partition coefficient (Wildman–Crippen LogP) is 1.42. The first kappa shape index (κ1) is 13.4. The van der Waals surface area contributed by atoms with Gasteiger partial charge in [0.1, 0.15) is 6.07 Å². The van der Waals surface area contributed by atoms with Gasteiger partial charge in [-0.3, -0.25) is 4.90 Å². The molecule has 1 aromatic carbocycles. The molecule has 1 aromatic rings. The van der Waals surface area contributed by atoms with E-state index in [-0.39, 0.29) is 0 Å². The fourth-order valence-corrected chi connectivity index (χ4v) is 3.37. The first-order chi connectivity index (χ1) is 9.81. The van der Waals surface area contributed by atoms with E-state index >= 15 is 0 Å². The zero-order chi connectivity index (χ0) is 13.9. The fraction of sp³-hybridized carbons (Fsp3) is 0.562. The molecular weight excluding hydrogens is 248 g/mol. The Labute approximate surface area is 120 Å². The van der Waals surface area contributed by atoms with Gasteiger partial charge in [0.05, 0.1) is 11.3 Å². The molecule has 0 aromatic heterocycles. The molecule has 0 aliphatic carbocycles. The zero-order valence-corrected chi connectivity index (χ0v) is 11.8. The third-order valence-electron chi connectivity index (χ3n) is 4.66. The third kappa shape index (κ3) is 2.52. The van der Waals surface area contributed by atoms with E-state index in [1.54, 1.807) is 0 Å². The van der Waals surface area contributed by atoms with E-state index in [4.69, 9.17) is 5.73 Å². The molecule has 0 bridgehead atoms. The highest BCUT2D eigenvalue weighted by Crippen LogP contribution is 2.28. The van der Waals surface area contributed by atoms with Gasteiger partial charge in [0.2, 0.25) is 0 Å². The minimum atomic E-state index is 0.711. The molecule has 2 N–H and O–H groups in total. The molecule has 0 saturated carbocycles. The van der Waals surface area contributed by atoms with Crippen LogP contribution in [0.25, 0.3) is 0 Å².